The van der Waals surface area contributed by atoms with E-state index in [1.807, 2.05) is 48.6 Å². The van der Waals surface area contributed by atoms with Gasteiger partial charge in [-0.05, 0) is 123 Å². The number of carbonyl (C=O) groups is 4. The Morgan fingerprint density at radius 2 is 0.865 bits per heavy atom. The van der Waals surface area contributed by atoms with E-state index in [4.69, 9.17) is 96.5 Å². The van der Waals surface area contributed by atoms with Gasteiger partial charge in [-0.2, -0.15) is 10.2 Å². The summed E-state index contributed by atoms with van der Waals surface area (Å²) >= 11 is 25.7. The van der Waals surface area contributed by atoms with E-state index in [0.717, 1.165) is 34.7 Å². The Bertz CT molecular complexity index is 3680. The molecule has 24 nitrogen and oxygen atoms in total. The Balaban J connectivity index is 0.729. The molecule has 2 saturated heterocycles. The van der Waals surface area contributed by atoms with Crippen LogP contribution in [0.5, 0.6) is 23.0 Å². The van der Waals surface area contributed by atoms with E-state index in [2.05, 4.69) is 22.8 Å². The summed E-state index contributed by atoms with van der Waals surface area (Å²) < 4.78 is 92.0. The lowest BCUT2D eigenvalue weighted by atomic mass is 9.76. The summed E-state index contributed by atoms with van der Waals surface area (Å²) in [6, 6.07) is 16.3. The van der Waals surface area contributed by atoms with Crippen LogP contribution in [0.15, 0.2) is 107 Å². The number of allylic oxidation sites excluding steroid dienone is 4. The number of rotatable bonds is 26. The molecule has 2 aliphatic carbocycles. The smallest absolute Gasteiger partial charge is 0.331 e. The lowest BCUT2D eigenvalue weighted by Gasteiger charge is -2.42. The molecule has 0 bridgehead atoms. The highest BCUT2D eigenvalue weighted by Crippen LogP contribution is 2.42. The van der Waals surface area contributed by atoms with Gasteiger partial charge in [0.05, 0.1) is 107 Å². The normalized spacial score (nSPS) is 21.2. The predicted octanol–water partition coefficient (Wildman–Crippen LogP) is 8.35. The number of nitrogens with zero attached hydrogens (tertiary/aromatic N) is 6. The first-order valence-corrected chi connectivity index (χ1v) is 36.3. The average molecular weight is 1440 g/mol. The van der Waals surface area contributed by atoms with Gasteiger partial charge in [-0.15, -0.1) is 0 Å². The van der Waals surface area contributed by atoms with E-state index in [1.165, 1.54) is 32.9 Å². The minimum atomic E-state index is -3.84. The molecule has 2 amide bonds. The van der Waals surface area contributed by atoms with E-state index in [0.29, 0.717) is 85.5 Å². The fraction of sp³-hybridized carbons (Fsp3) is 0.455. The molecule has 0 radical (unpaired) electrons. The maximum Gasteiger partial charge on any atom is 0.331 e. The van der Waals surface area contributed by atoms with Crippen molar-refractivity contribution in [1.29, 1.82) is 0 Å². The summed E-state index contributed by atoms with van der Waals surface area (Å²) in [5.74, 6) is -1.55. The largest absolute Gasteiger partial charge is 0.493 e. The zero-order valence-electron chi connectivity index (χ0n) is 53.5. The van der Waals surface area contributed by atoms with Crippen molar-refractivity contribution in [1.82, 2.24) is 29.3 Å². The van der Waals surface area contributed by atoms with Gasteiger partial charge in [-0.3, -0.25) is 9.59 Å². The van der Waals surface area contributed by atoms with E-state index in [1.54, 1.807) is 38.5 Å². The maximum atomic E-state index is 14.1. The molecule has 2 fully saturated rings. The zero-order chi connectivity index (χ0) is 68.6. The summed E-state index contributed by atoms with van der Waals surface area (Å²) in [5.41, 5.74) is 16.0. The molecule has 6 N–H and O–H groups in total. The number of anilines is 2. The van der Waals surface area contributed by atoms with Gasteiger partial charge in [0.25, 0.3) is 0 Å². The summed E-state index contributed by atoms with van der Waals surface area (Å²) in [4.78, 5) is 55.3. The monoisotopic (exact) mass is 1440 g/mol. The number of sulfonamides is 2. The SMILES string of the molecule is COc1ccc(C2=NN(C3CCN(S(=O)(=O)CCNCC(OC(=O)/C=C/C(=O)OC(CNCCS(=O)(=O)N4CCC(N5N=C(c6ccc(OC)c(OC)c6)[C@H]6CC=CC[C@H]6C5=O)CC4)c4cc(Cl)c(N)c(Cl)c4)c4cc(Cl)c(N)c(Cl)c4)CC3)C(=O)[C@@H]3CC=CC[C@H]23)cc1OC. The highest BCUT2D eigenvalue weighted by Gasteiger charge is 2.46. The number of amides is 2. The number of hydrazone groups is 2. The number of nitrogen functional groups attached to an aromatic ring is 2. The topological polar surface area (TPSA) is 306 Å². The Morgan fingerprint density at radius 3 is 1.20 bits per heavy atom. The van der Waals surface area contributed by atoms with Crippen LogP contribution in [0.25, 0.3) is 0 Å². The number of methoxy groups -OCH3 is 4. The molecule has 516 valence electrons. The summed E-state index contributed by atoms with van der Waals surface area (Å²) in [7, 11) is -1.45. The first kappa shape index (κ1) is 71.8. The number of hydrogen-bond acceptors (Lipinski definition) is 20. The van der Waals surface area contributed by atoms with Gasteiger partial charge >= 0.3 is 11.9 Å². The maximum absolute atomic E-state index is 14.1. The third kappa shape index (κ3) is 16.4. The summed E-state index contributed by atoms with van der Waals surface area (Å²) in [5, 5.41) is 19.4. The fourth-order valence-electron chi connectivity index (χ4n) is 13.0. The van der Waals surface area contributed by atoms with Crippen LogP contribution in [0.4, 0.5) is 11.4 Å². The van der Waals surface area contributed by atoms with Crippen molar-refractivity contribution in [2.45, 2.75) is 75.7 Å². The van der Waals surface area contributed by atoms with Crippen molar-refractivity contribution in [3.05, 3.63) is 139 Å². The Morgan fingerprint density at radius 1 is 0.531 bits per heavy atom. The molecule has 6 aliphatic rings. The van der Waals surface area contributed by atoms with Gasteiger partial charge in [0.2, 0.25) is 31.9 Å². The number of ether oxygens (including phenoxy) is 6. The van der Waals surface area contributed by atoms with Crippen molar-refractivity contribution in [3.8, 4) is 23.0 Å². The molecule has 0 spiro atoms. The summed E-state index contributed by atoms with van der Waals surface area (Å²) in [6.45, 7) is 0.198. The third-order valence-electron chi connectivity index (χ3n) is 18.3. The van der Waals surface area contributed by atoms with Crippen molar-refractivity contribution in [2.75, 3.05) is 104 Å². The van der Waals surface area contributed by atoms with Gasteiger partial charge in [0.1, 0.15) is 12.2 Å². The van der Waals surface area contributed by atoms with Crippen LogP contribution in [-0.2, 0) is 48.7 Å². The first-order valence-electron chi connectivity index (χ1n) is 31.6. The fourth-order valence-corrected chi connectivity index (χ4v) is 16.9. The lowest BCUT2D eigenvalue weighted by molar-refractivity contribution is -0.146. The van der Waals surface area contributed by atoms with Crippen LogP contribution in [0, 0.1) is 23.7 Å². The molecule has 2 unspecified atom stereocenters. The van der Waals surface area contributed by atoms with Crippen molar-refractivity contribution >= 4 is 113 Å². The highest BCUT2D eigenvalue weighted by atomic mass is 35.5. The molecule has 4 aromatic rings. The minimum Gasteiger partial charge on any atom is -0.493 e. The number of halogens is 4. The second kappa shape index (κ2) is 31.7. The van der Waals surface area contributed by atoms with Crippen LogP contribution in [0.1, 0.15) is 85.8 Å². The molecular formula is C66H78Cl4N10O14S2. The number of piperidine rings is 2. The molecule has 4 aliphatic heterocycles. The summed E-state index contributed by atoms with van der Waals surface area (Å²) in [6.07, 6.45) is 11.4. The van der Waals surface area contributed by atoms with Gasteiger partial charge in [0.15, 0.2) is 23.0 Å². The minimum absolute atomic E-state index is 0.0635. The third-order valence-corrected chi connectivity index (χ3v) is 23.3. The predicted molar refractivity (Wildman–Crippen MR) is 368 cm³/mol. The van der Waals surface area contributed by atoms with Crippen LogP contribution in [-0.4, -0.2) is 175 Å². The molecule has 30 heteroatoms. The second-order valence-electron chi connectivity index (χ2n) is 24.1. The quantitative estimate of drug-likeness (QED) is 0.0151. The number of esters is 2. The molecule has 4 aromatic carbocycles. The number of carbonyl (C=O) groups excluding carboxylic acids is 4. The number of fused-ring (bicyclic) bond motifs is 2. The Labute approximate surface area is 578 Å². The molecule has 6 atom stereocenters. The van der Waals surface area contributed by atoms with Gasteiger partial charge in [-0.1, -0.05) is 70.7 Å². The Hall–Kier alpha value is -6.98. The van der Waals surface area contributed by atoms with E-state index < -0.39 is 44.2 Å². The van der Waals surface area contributed by atoms with E-state index >= 15 is 0 Å². The molecule has 4 heterocycles. The van der Waals surface area contributed by atoms with Crippen molar-refractivity contribution in [2.24, 2.45) is 33.9 Å². The zero-order valence-corrected chi connectivity index (χ0v) is 58.1. The number of nitrogens with one attached hydrogen (secondary N) is 2. The van der Waals surface area contributed by atoms with Crippen LogP contribution in [0.2, 0.25) is 20.1 Å². The number of hydrogen-bond donors (Lipinski definition) is 4. The molecular weight excluding hydrogens is 1360 g/mol. The van der Waals surface area contributed by atoms with Crippen LogP contribution in [0.3, 0.4) is 0 Å². The van der Waals surface area contributed by atoms with Gasteiger partial charge in [0, 0.05) is 87.5 Å². The van der Waals surface area contributed by atoms with Gasteiger partial charge < -0.3 is 50.5 Å². The van der Waals surface area contributed by atoms with Crippen LogP contribution >= 0.6 is 46.4 Å². The molecule has 0 aromatic heterocycles. The first-order chi connectivity index (χ1) is 46.0. The molecule has 0 saturated carbocycles. The second-order valence-corrected chi connectivity index (χ2v) is 29.9. The van der Waals surface area contributed by atoms with Crippen LogP contribution < -0.4 is 41.0 Å². The molecule has 10 rings (SSSR count). The lowest BCUT2D eigenvalue weighted by Crippen LogP contribution is -2.53. The molecule has 96 heavy (non-hydrogen) atoms. The highest BCUT2D eigenvalue weighted by molar-refractivity contribution is 7.89. The van der Waals surface area contributed by atoms with Crippen molar-refractivity contribution < 1.29 is 64.4 Å². The van der Waals surface area contributed by atoms with E-state index in [-0.39, 0.29) is 143 Å². The number of nitrogens with two attached hydrogens (primary N) is 2. The number of benzene rings is 4. The average Bonchev–Trinajstić information content (AvgIpc) is 0.768. The van der Waals surface area contributed by atoms with E-state index in [9.17, 15) is 36.0 Å². The standard InChI is InChI=1S/C66H78Cl4N10O14S2/c1-89-53-15-13-39(35-55(53)91-3)63-45-9-5-7-11-47(45)65(83)79(75-63)43-19-25-77(26-20-43)95(85,86)29-23-73-37-57(41-31-49(67)61(71)50(68)32-41)93-59(81)17-18-60(82)94-58(42-33-51(69)62(72)52(70)34-42)38-74-24-30-96(87,88)78-27-21-44(22-28-78)80-66(84)48-12-8-6-10-46(48)64(76-80)40-14-16-54(90-2)56(36-40)92-4/h5-8,13-18,31-36,43-48,57-58,73-74H,9-12,19-30,37-38,71-72H2,1-4H3/b18-17+/t45-,46-,47+,48+,57?,58?/m0/s1. The Kier molecular flexibility index (Phi) is 23.7. The van der Waals surface area contributed by atoms with Crippen molar-refractivity contribution in [3.63, 3.8) is 0 Å². The van der Waals surface area contributed by atoms with Gasteiger partial charge in [-0.25, -0.2) is 45.1 Å².